The Hall–Kier alpha value is -2.33. The van der Waals surface area contributed by atoms with Gasteiger partial charge in [-0.1, -0.05) is 23.7 Å². The quantitative estimate of drug-likeness (QED) is 0.694. The number of ether oxygens (including phenoxy) is 1. The molecule has 0 spiro atoms. The fourth-order valence-electron chi connectivity index (χ4n) is 1.57. The number of benzene rings is 2. The Balaban J connectivity index is 2.21. The molecule has 0 aliphatic heterocycles. The molecule has 2 aromatic carbocycles. The number of aromatic hydroxyl groups is 1. The first-order valence-corrected chi connectivity index (χ1v) is 6.19. The summed E-state index contributed by atoms with van der Waals surface area (Å²) in [5.74, 6) is -0.591. The largest absolute Gasteiger partial charge is 0.506 e. The van der Waals surface area contributed by atoms with Gasteiger partial charge in [-0.2, -0.15) is 0 Å². The van der Waals surface area contributed by atoms with Crippen LogP contribution in [0.25, 0.3) is 0 Å². The molecule has 2 rings (SSSR count). The first-order chi connectivity index (χ1) is 9.60. The lowest BCUT2D eigenvalue weighted by Crippen LogP contribution is -2.00. The molecule has 1 N–H and O–H groups in total. The predicted octanol–water partition coefficient (Wildman–Crippen LogP) is 3.58. The van der Waals surface area contributed by atoms with E-state index in [0.717, 1.165) is 5.56 Å². The second kappa shape index (κ2) is 6.21. The van der Waals surface area contributed by atoms with Gasteiger partial charge in [0.1, 0.15) is 11.4 Å². The average Bonchev–Trinajstić information content (AvgIpc) is 2.46. The van der Waals surface area contributed by atoms with Crippen molar-refractivity contribution < 1.29 is 14.6 Å². The highest BCUT2D eigenvalue weighted by molar-refractivity contribution is 6.30. The van der Waals surface area contributed by atoms with Gasteiger partial charge in [0.25, 0.3) is 0 Å². The Kier molecular flexibility index (Phi) is 4.38. The predicted molar refractivity (Wildman–Crippen MR) is 78.2 cm³/mol. The molecule has 0 atom stereocenters. The number of hydrogen-bond acceptors (Lipinski definition) is 4. The van der Waals surface area contributed by atoms with Crippen LogP contribution in [-0.2, 0) is 4.74 Å². The van der Waals surface area contributed by atoms with Crippen molar-refractivity contribution in [3.63, 3.8) is 0 Å². The van der Waals surface area contributed by atoms with Crippen LogP contribution < -0.4 is 0 Å². The minimum Gasteiger partial charge on any atom is -0.506 e. The summed E-state index contributed by atoms with van der Waals surface area (Å²) in [6, 6.07) is 11.5. The summed E-state index contributed by atoms with van der Waals surface area (Å²) in [6.45, 7) is 0. The Bertz CT molecular complexity index is 651. The highest BCUT2D eigenvalue weighted by atomic mass is 35.5. The van der Waals surface area contributed by atoms with E-state index in [4.69, 9.17) is 11.6 Å². The Morgan fingerprint density at radius 2 is 1.95 bits per heavy atom. The van der Waals surface area contributed by atoms with Gasteiger partial charge < -0.3 is 9.84 Å². The minimum atomic E-state index is -0.506. The minimum absolute atomic E-state index is 0.0851. The third-order valence-corrected chi connectivity index (χ3v) is 2.87. The summed E-state index contributed by atoms with van der Waals surface area (Å²) in [4.78, 5) is 15.5. The van der Waals surface area contributed by atoms with Gasteiger partial charge in [0.15, 0.2) is 0 Å². The summed E-state index contributed by atoms with van der Waals surface area (Å²) in [6.07, 6.45) is 1.60. The van der Waals surface area contributed by atoms with Gasteiger partial charge >= 0.3 is 5.97 Å². The van der Waals surface area contributed by atoms with E-state index in [9.17, 15) is 9.90 Å². The van der Waals surface area contributed by atoms with Crippen LogP contribution in [0, 0.1) is 0 Å². The number of nitrogens with zero attached hydrogens (tertiary/aromatic N) is 1. The van der Waals surface area contributed by atoms with Crippen molar-refractivity contribution in [3.05, 3.63) is 58.6 Å². The van der Waals surface area contributed by atoms with Crippen LogP contribution >= 0.6 is 11.6 Å². The van der Waals surface area contributed by atoms with Gasteiger partial charge in [-0.15, -0.1) is 0 Å². The smallest absolute Gasteiger partial charge is 0.337 e. The van der Waals surface area contributed by atoms with E-state index in [0.29, 0.717) is 10.7 Å². The molecule has 0 aromatic heterocycles. The lowest BCUT2D eigenvalue weighted by atomic mass is 10.2. The first-order valence-electron chi connectivity index (χ1n) is 5.81. The number of rotatable bonds is 3. The average molecular weight is 290 g/mol. The van der Waals surface area contributed by atoms with Gasteiger partial charge in [-0.25, -0.2) is 4.79 Å². The zero-order valence-electron chi connectivity index (χ0n) is 10.7. The van der Waals surface area contributed by atoms with Crippen molar-refractivity contribution in [1.82, 2.24) is 0 Å². The highest BCUT2D eigenvalue weighted by Gasteiger charge is 2.08. The molecule has 0 unspecified atom stereocenters. The van der Waals surface area contributed by atoms with Crippen molar-refractivity contribution in [3.8, 4) is 5.75 Å². The maximum atomic E-state index is 11.3. The molecule has 20 heavy (non-hydrogen) atoms. The van der Waals surface area contributed by atoms with Crippen LogP contribution in [0.4, 0.5) is 5.69 Å². The molecule has 0 amide bonds. The van der Waals surface area contributed by atoms with Crippen LogP contribution in [-0.4, -0.2) is 24.4 Å². The van der Waals surface area contributed by atoms with E-state index in [2.05, 4.69) is 9.73 Å². The lowest BCUT2D eigenvalue weighted by molar-refractivity contribution is 0.0600. The lowest BCUT2D eigenvalue weighted by Gasteiger charge is -2.02. The molecule has 0 heterocycles. The molecule has 2 aromatic rings. The molecule has 0 aliphatic carbocycles. The van der Waals surface area contributed by atoms with Crippen LogP contribution in [0.15, 0.2) is 47.5 Å². The molecule has 0 fully saturated rings. The molecule has 0 saturated carbocycles. The summed E-state index contributed by atoms with van der Waals surface area (Å²) >= 11 is 5.79. The van der Waals surface area contributed by atoms with Crippen LogP contribution in [0.3, 0.4) is 0 Å². The number of aliphatic imine (C=N–C) groups is 1. The zero-order chi connectivity index (χ0) is 14.5. The third kappa shape index (κ3) is 3.36. The number of halogens is 1. The molecule has 4 nitrogen and oxygen atoms in total. The number of methoxy groups -OCH3 is 1. The number of phenols is 1. The van der Waals surface area contributed by atoms with Gasteiger partial charge in [-0.3, -0.25) is 4.99 Å². The monoisotopic (exact) mass is 289 g/mol. The number of hydrogen-bond donors (Lipinski definition) is 1. The van der Waals surface area contributed by atoms with Gasteiger partial charge in [0.2, 0.25) is 0 Å². The van der Waals surface area contributed by atoms with Crippen molar-refractivity contribution >= 4 is 29.5 Å². The fraction of sp³-hybridized carbons (Fsp3) is 0.0667. The second-order valence-corrected chi connectivity index (χ2v) is 4.44. The van der Waals surface area contributed by atoms with Gasteiger partial charge in [0, 0.05) is 11.2 Å². The van der Waals surface area contributed by atoms with Crippen LogP contribution in [0.1, 0.15) is 15.9 Å². The summed E-state index contributed by atoms with van der Waals surface area (Å²) in [5, 5.41) is 10.5. The van der Waals surface area contributed by atoms with E-state index in [1.807, 2.05) is 12.1 Å². The maximum Gasteiger partial charge on any atom is 0.337 e. The van der Waals surface area contributed by atoms with Crippen LogP contribution in [0.5, 0.6) is 5.75 Å². The molecule has 0 radical (unpaired) electrons. The van der Waals surface area contributed by atoms with Crippen molar-refractivity contribution in [1.29, 1.82) is 0 Å². The summed E-state index contributed by atoms with van der Waals surface area (Å²) < 4.78 is 4.57. The molecular formula is C15H12ClNO3. The Morgan fingerprint density at radius 3 is 2.55 bits per heavy atom. The molecule has 0 saturated heterocycles. The molecule has 0 aliphatic rings. The van der Waals surface area contributed by atoms with Crippen molar-refractivity contribution in [2.24, 2.45) is 4.99 Å². The van der Waals surface area contributed by atoms with Crippen molar-refractivity contribution in [2.75, 3.05) is 7.11 Å². The first kappa shape index (κ1) is 14.1. The zero-order valence-corrected chi connectivity index (χ0v) is 11.5. The summed E-state index contributed by atoms with van der Waals surface area (Å²) in [5.41, 5.74) is 1.49. The van der Waals surface area contributed by atoms with E-state index in [1.165, 1.54) is 13.2 Å². The van der Waals surface area contributed by atoms with Gasteiger partial charge in [0.05, 0.1) is 12.7 Å². The van der Waals surface area contributed by atoms with E-state index < -0.39 is 5.97 Å². The van der Waals surface area contributed by atoms with E-state index in [-0.39, 0.29) is 11.3 Å². The number of carbonyl (C=O) groups is 1. The Morgan fingerprint density at radius 1 is 1.25 bits per heavy atom. The van der Waals surface area contributed by atoms with Gasteiger partial charge in [-0.05, 0) is 35.9 Å². The SMILES string of the molecule is COC(=O)c1ccc(/N=C/c2ccc(Cl)cc2)c(O)c1. The molecule has 5 heteroatoms. The molecule has 102 valence electrons. The highest BCUT2D eigenvalue weighted by Crippen LogP contribution is 2.27. The molecular weight excluding hydrogens is 278 g/mol. The number of phenolic OH excluding ortho intramolecular Hbond substituents is 1. The summed E-state index contributed by atoms with van der Waals surface area (Å²) in [7, 11) is 1.28. The van der Waals surface area contributed by atoms with E-state index in [1.54, 1.807) is 30.5 Å². The fourth-order valence-corrected chi connectivity index (χ4v) is 1.70. The maximum absolute atomic E-state index is 11.3. The van der Waals surface area contributed by atoms with Crippen LogP contribution in [0.2, 0.25) is 5.02 Å². The third-order valence-electron chi connectivity index (χ3n) is 2.62. The number of esters is 1. The van der Waals surface area contributed by atoms with E-state index >= 15 is 0 Å². The van der Waals surface area contributed by atoms with Crippen molar-refractivity contribution in [2.45, 2.75) is 0 Å². The second-order valence-electron chi connectivity index (χ2n) is 4.00. The topological polar surface area (TPSA) is 58.9 Å². The number of carbonyl (C=O) groups excluding carboxylic acids is 1. The normalized spacial score (nSPS) is 10.7. The molecule has 0 bridgehead atoms. The Labute approximate surface area is 121 Å². The standard InChI is InChI=1S/C15H12ClNO3/c1-20-15(19)11-4-7-13(14(18)8-11)17-9-10-2-5-12(16)6-3-10/h2-9,18H,1H3/b17-9+.